The molecule has 1 aliphatic heterocycles. The second-order valence-electron chi connectivity index (χ2n) is 5.41. The molecule has 0 spiro atoms. The Bertz CT molecular complexity index is 397. The Labute approximate surface area is 109 Å². The zero-order chi connectivity index (χ0) is 12.2. The Morgan fingerprint density at radius 3 is 2.78 bits per heavy atom. The number of nitrogens with zero attached hydrogens (tertiary/aromatic N) is 2. The summed E-state index contributed by atoms with van der Waals surface area (Å²) < 4.78 is 0. The molecule has 4 nitrogen and oxygen atoms in total. The van der Waals surface area contributed by atoms with Gasteiger partial charge in [0, 0.05) is 31.1 Å². The summed E-state index contributed by atoms with van der Waals surface area (Å²) in [5, 5.41) is 7.07. The van der Waals surface area contributed by atoms with Crippen LogP contribution in [0.3, 0.4) is 0 Å². The van der Waals surface area contributed by atoms with Gasteiger partial charge in [-0.05, 0) is 12.8 Å². The Kier molecular flexibility index (Phi) is 3.74. The highest BCUT2D eigenvalue weighted by Gasteiger charge is 2.18. The van der Waals surface area contributed by atoms with Crippen molar-refractivity contribution in [2.24, 2.45) is 0 Å². The molecule has 0 radical (unpaired) electrons. The first-order valence-corrected chi connectivity index (χ1v) is 7.23. The molecule has 2 heterocycles. The summed E-state index contributed by atoms with van der Waals surface area (Å²) in [5.74, 6) is 1.07. The first-order chi connectivity index (χ1) is 8.93. The molecule has 0 bridgehead atoms. The van der Waals surface area contributed by atoms with E-state index in [0.717, 1.165) is 25.3 Å². The van der Waals surface area contributed by atoms with Crippen LogP contribution in [0.25, 0.3) is 0 Å². The number of anilines is 1. The SMILES string of the molecule is c1nc2c(c(NC3CCCCCC3)n1)CNCC2. The number of hydrogen-bond donors (Lipinski definition) is 2. The van der Waals surface area contributed by atoms with Crippen molar-refractivity contribution in [1.82, 2.24) is 15.3 Å². The van der Waals surface area contributed by atoms with E-state index in [1.54, 1.807) is 6.33 Å². The molecule has 4 heteroatoms. The van der Waals surface area contributed by atoms with Gasteiger partial charge in [0.2, 0.25) is 0 Å². The fourth-order valence-electron chi connectivity index (χ4n) is 3.01. The summed E-state index contributed by atoms with van der Waals surface area (Å²) in [6.07, 6.45) is 10.8. The highest BCUT2D eigenvalue weighted by Crippen LogP contribution is 2.24. The van der Waals surface area contributed by atoms with Crippen molar-refractivity contribution >= 4 is 5.82 Å². The summed E-state index contributed by atoms with van der Waals surface area (Å²) in [7, 11) is 0. The van der Waals surface area contributed by atoms with Crippen LogP contribution in [-0.4, -0.2) is 22.6 Å². The maximum absolute atomic E-state index is 4.45. The maximum atomic E-state index is 4.45. The number of fused-ring (bicyclic) bond motifs is 1. The predicted octanol–water partition coefficient (Wildman–Crippen LogP) is 2.26. The lowest BCUT2D eigenvalue weighted by Crippen LogP contribution is -2.28. The van der Waals surface area contributed by atoms with Gasteiger partial charge in [0.05, 0.1) is 5.69 Å². The van der Waals surface area contributed by atoms with Crippen LogP contribution in [0.15, 0.2) is 6.33 Å². The van der Waals surface area contributed by atoms with Crippen molar-refractivity contribution in [3.63, 3.8) is 0 Å². The van der Waals surface area contributed by atoms with Crippen LogP contribution in [0.2, 0.25) is 0 Å². The summed E-state index contributed by atoms with van der Waals surface area (Å²) >= 11 is 0. The second kappa shape index (κ2) is 5.65. The van der Waals surface area contributed by atoms with E-state index in [1.165, 1.54) is 49.8 Å². The number of aromatic nitrogens is 2. The first-order valence-electron chi connectivity index (χ1n) is 7.23. The molecule has 2 aliphatic rings. The fourth-order valence-corrected chi connectivity index (χ4v) is 3.01. The van der Waals surface area contributed by atoms with Crippen LogP contribution >= 0.6 is 0 Å². The van der Waals surface area contributed by atoms with Crippen molar-refractivity contribution in [3.05, 3.63) is 17.6 Å². The van der Waals surface area contributed by atoms with Crippen LogP contribution in [-0.2, 0) is 13.0 Å². The van der Waals surface area contributed by atoms with E-state index >= 15 is 0 Å². The standard InChI is InChI=1S/C14H22N4/c1-2-4-6-11(5-3-1)18-14-12-9-15-8-7-13(12)16-10-17-14/h10-11,15H,1-9H2,(H,16,17,18). The Morgan fingerprint density at radius 2 is 1.94 bits per heavy atom. The van der Waals surface area contributed by atoms with Crippen molar-refractivity contribution in [1.29, 1.82) is 0 Å². The van der Waals surface area contributed by atoms with Crippen LogP contribution in [0.5, 0.6) is 0 Å². The highest BCUT2D eigenvalue weighted by atomic mass is 15.1. The van der Waals surface area contributed by atoms with E-state index in [4.69, 9.17) is 0 Å². The minimum Gasteiger partial charge on any atom is -0.367 e. The van der Waals surface area contributed by atoms with Crippen molar-refractivity contribution in [2.75, 3.05) is 11.9 Å². The van der Waals surface area contributed by atoms with E-state index < -0.39 is 0 Å². The lowest BCUT2D eigenvalue weighted by molar-refractivity contribution is 0.602. The third-order valence-electron chi connectivity index (χ3n) is 4.07. The van der Waals surface area contributed by atoms with Gasteiger partial charge < -0.3 is 10.6 Å². The van der Waals surface area contributed by atoms with Crippen LogP contribution < -0.4 is 10.6 Å². The monoisotopic (exact) mass is 246 g/mol. The minimum absolute atomic E-state index is 0.605. The molecule has 0 atom stereocenters. The van der Waals surface area contributed by atoms with E-state index in [9.17, 15) is 0 Å². The number of hydrogen-bond acceptors (Lipinski definition) is 4. The molecular formula is C14H22N4. The van der Waals surface area contributed by atoms with Gasteiger partial charge in [0.25, 0.3) is 0 Å². The predicted molar refractivity (Wildman–Crippen MR) is 72.6 cm³/mol. The molecule has 2 N–H and O–H groups in total. The van der Waals surface area contributed by atoms with Gasteiger partial charge >= 0.3 is 0 Å². The molecule has 3 rings (SSSR count). The van der Waals surface area contributed by atoms with Gasteiger partial charge in [-0.2, -0.15) is 0 Å². The number of nitrogens with one attached hydrogen (secondary N) is 2. The maximum Gasteiger partial charge on any atom is 0.134 e. The molecule has 0 amide bonds. The van der Waals surface area contributed by atoms with Crippen molar-refractivity contribution < 1.29 is 0 Å². The van der Waals surface area contributed by atoms with Gasteiger partial charge in [0.15, 0.2) is 0 Å². The van der Waals surface area contributed by atoms with Crippen LogP contribution in [0.4, 0.5) is 5.82 Å². The van der Waals surface area contributed by atoms with Gasteiger partial charge in [-0.1, -0.05) is 25.7 Å². The Morgan fingerprint density at radius 1 is 1.11 bits per heavy atom. The molecule has 1 aromatic rings. The van der Waals surface area contributed by atoms with Gasteiger partial charge in [0.1, 0.15) is 12.1 Å². The minimum atomic E-state index is 0.605. The summed E-state index contributed by atoms with van der Waals surface area (Å²) in [6.45, 7) is 1.94. The topological polar surface area (TPSA) is 49.8 Å². The quantitative estimate of drug-likeness (QED) is 0.786. The Balaban J connectivity index is 1.75. The lowest BCUT2D eigenvalue weighted by Gasteiger charge is -2.22. The molecule has 1 saturated carbocycles. The van der Waals surface area contributed by atoms with E-state index in [-0.39, 0.29) is 0 Å². The molecule has 0 aromatic carbocycles. The lowest BCUT2D eigenvalue weighted by atomic mass is 10.1. The largest absolute Gasteiger partial charge is 0.367 e. The molecule has 1 fully saturated rings. The first kappa shape index (κ1) is 11.9. The fraction of sp³-hybridized carbons (Fsp3) is 0.714. The van der Waals surface area contributed by atoms with E-state index in [2.05, 4.69) is 20.6 Å². The van der Waals surface area contributed by atoms with Crippen molar-refractivity contribution in [3.8, 4) is 0 Å². The molecule has 18 heavy (non-hydrogen) atoms. The number of rotatable bonds is 2. The molecular weight excluding hydrogens is 224 g/mol. The van der Waals surface area contributed by atoms with Gasteiger partial charge in [-0.25, -0.2) is 9.97 Å². The molecule has 1 aliphatic carbocycles. The van der Waals surface area contributed by atoms with Crippen LogP contribution in [0.1, 0.15) is 49.8 Å². The zero-order valence-corrected chi connectivity index (χ0v) is 10.9. The van der Waals surface area contributed by atoms with E-state index in [0.29, 0.717) is 6.04 Å². The third-order valence-corrected chi connectivity index (χ3v) is 4.07. The average molecular weight is 246 g/mol. The summed E-state index contributed by atoms with van der Waals surface area (Å²) in [4.78, 5) is 8.85. The zero-order valence-electron chi connectivity index (χ0n) is 10.9. The Hall–Kier alpha value is -1.16. The van der Waals surface area contributed by atoms with Crippen molar-refractivity contribution in [2.45, 2.75) is 57.5 Å². The third kappa shape index (κ3) is 2.64. The summed E-state index contributed by atoms with van der Waals surface area (Å²) in [5.41, 5.74) is 2.51. The molecule has 1 aromatic heterocycles. The molecule has 0 saturated heterocycles. The molecule has 98 valence electrons. The average Bonchev–Trinajstić information content (AvgIpc) is 2.68. The smallest absolute Gasteiger partial charge is 0.134 e. The highest BCUT2D eigenvalue weighted by molar-refractivity contribution is 5.47. The van der Waals surface area contributed by atoms with Crippen LogP contribution in [0, 0.1) is 0 Å². The van der Waals surface area contributed by atoms with Gasteiger partial charge in [-0.15, -0.1) is 0 Å². The summed E-state index contributed by atoms with van der Waals surface area (Å²) in [6, 6.07) is 0.605. The second-order valence-corrected chi connectivity index (χ2v) is 5.41. The normalized spacial score (nSPS) is 21.1. The molecule has 0 unspecified atom stereocenters. The van der Waals surface area contributed by atoms with E-state index in [1.807, 2.05) is 0 Å². The van der Waals surface area contributed by atoms with Gasteiger partial charge in [-0.3, -0.25) is 0 Å².